The Hall–Kier alpha value is -0.570. The van der Waals surface area contributed by atoms with E-state index in [1.54, 1.807) is 0 Å². The molecule has 0 radical (unpaired) electrons. The Balaban J connectivity index is 2.13. The maximum absolute atomic E-state index is 10.3. The quantitative estimate of drug-likeness (QED) is 0.734. The van der Waals surface area contributed by atoms with Crippen LogP contribution in [0, 0.1) is 11.8 Å². The van der Waals surface area contributed by atoms with Gasteiger partial charge in [-0.2, -0.15) is 0 Å². The fraction of sp³-hybridized carbons (Fsp3) is 0.909. The minimum atomic E-state index is -0.676. The number of carboxylic acids is 1. The molecule has 0 aromatic rings. The first kappa shape index (κ1) is 11.5. The van der Waals surface area contributed by atoms with Gasteiger partial charge in [0.25, 0.3) is 0 Å². The summed E-state index contributed by atoms with van der Waals surface area (Å²) in [6, 6.07) is 0. The zero-order valence-electron chi connectivity index (χ0n) is 9.20. The minimum Gasteiger partial charge on any atom is -0.481 e. The summed E-state index contributed by atoms with van der Waals surface area (Å²) in [4.78, 5) is 12.7. The number of hydrogen-bond acceptors (Lipinski definition) is 2. The van der Waals surface area contributed by atoms with Crippen molar-refractivity contribution >= 4 is 5.97 Å². The molecule has 0 bridgehead atoms. The Morgan fingerprint density at radius 3 is 2.79 bits per heavy atom. The molecule has 1 saturated heterocycles. The first-order chi connectivity index (χ1) is 6.59. The van der Waals surface area contributed by atoms with Crippen molar-refractivity contribution in [3.63, 3.8) is 0 Å². The van der Waals surface area contributed by atoms with Crippen LogP contribution in [0.5, 0.6) is 0 Å². The van der Waals surface area contributed by atoms with Crippen LogP contribution in [0.4, 0.5) is 0 Å². The van der Waals surface area contributed by atoms with E-state index in [0.717, 1.165) is 37.9 Å². The van der Waals surface area contributed by atoms with E-state index in [1.807, 2.05) is 0 Å². The average molecular weight is 199 g/mol. The Morgan fingerprint density at radius 2 is 2.29 bits per heavy atom. The molecule has 1 aliphatic heterocycles. The molecule has 1 atom stereocenters. The lowest BCUT2D eigenvalue weighted by Crippen LogP contribution is -2.23. The Bertz CT molecular complexity index is 192. The standard InChI is InChI=1S/C11H21NO2/c1-9(2)10-5-7-12(8-10)6-3-4-11(13)14/h9-10H,3-8H2,1-2H3,(H,13,14). The monoisotopic (exact) mass is 199 g/mol. The summed E-state index contributed by atoms with van der Waals surface area (Å²) in [5, 5.41) is 8.51. The van der Waals surface area contributed by atoms with Crippen LogP contribution >= 0.6 is 0 Å². The third-order valence-corrected chi connectivity index (χ3v) is 3.12. The van der Waals surface area contributed by atoms with E-state index < -0.39 is 5.97 Å². The number of hydrogen-bond donors (Lipinski definition) is 1. The highest BCUT2D eigenvalue weighted by Gasteiger charge is 2.24. The molecular weight excluding hydrogens is 178 g/mol. The molecule has 0 saturated carbocycles. The summed E-state index contributed by atoms with van der Waals surface area (Å²) in [5.74, 6) is 0.906. The molecule has 3 nitrogen and oxygen atoms in total. The molecule has 1 rings (SSSR count). The molecule has 1 fully saturated rings. The van der Waals surface area contributed by atoms with Gasteiger partial charge < -0.3 is 10.0 Å². The van der Waals surface area contributed by atoms with Crippen LogP contribution in [0.1, 0.15) is 33.1 Å². The largest absolute Gasteiger partial charge is 0.481 e. The van der Waals surface area contributed by atoms with Gasteiger partial charge in [-0.25, -0.2) is 0 Å². The summed E-state index contributed by atoms with van der Waals surface area (Å²) in [6.07, 6.45) is 2.38. The van der Waals surface area contributed by atoms with Crippen molar-refractivity contribution in [1.29, 1.82) is 0 Å². The van der Waals surface area contributed by atoms with Gasteiger partial charge in [-0.1, -0.05) is 13.8 Å². The van der Waals surface area contributed by atoms with Gasteiger partial charge in [0, 0.05) is 13.0 Å². The Labute approximate surface area is 86.1 Å². The van der Waals surface area contributed by atoms with Gasteiger partial charge in [0.1, 0.15) is 0 Å². The molecule has 1 aliphatic rings. The molecule has 14 heavy (non-hydrogen) atoms. The van der Waals surface area contributed by atoms with E-state index in [1.165, 1.54) is 6.42 Å². The molecule has 82 valence electrons. The predicted molar refractivity (Wildman–Crippen MR) is 56.3 cm³/mol. The number of nitrogens with zero attached hydrogens (tertiary/aromatic N) is 1. The number of carboxylic acid groups (broad SMARTS) is 1. The molecule has 1 heterocycles. The van der Waals surface area contributed by atoms with Crippen LogP contribution < -0.4 is 0 Å². The topological polar surface area (TPSA) is 40.5 Å². The number of carbonyl (C=O) groups is 1. The molecule has 0 aromatic heterocycles. The van der Waals surface area contributed by atoms with Crippen molar-refractivity contribution < 1.29 is 9.90 Å². The minimum absolute atomic E-state index is 0.308. The highest BCUT2D eigenvalue weighted by molar-refractivity contribution is 5.66. The van der Waals surface area contributed by atoms with Crippen LogP contribution in [0.15, 0.2) is 0 Å². The van der Waals surface area contributed by atoms with E-state index in [-0.39, 0.29) is 0 Å². The van der Waals surface area contributed by atoms with Gasteiger partial charge in [-0.15, -0.1) is 0 Å². The molecule has 1 N–H and O–H groups in total. The van der Waals surface area contributed by atoms with Gasteiger partial charge in [0.15, 0.2) is 0 Å². The molecule has 1 unspecified atom stereocenters. The SMILES string of the molecule is CC(C)C1CCN(CCCC(=O)O)C1. The van der Waals surface area contributed by atoms with Crippen LogP contribution in [-0.4, -0.2) is 35.6 Å². The second-order valence-corrected chi connectivity index (χ2v) is 4.59. The van der Waals surface area contributed by atoms with E-state index in [9.17, 15) is 4.79 Å². The average Bonchev–Trinajstić information content (AvgIpc) is 2.52. The van der Waals surface area contributed by atoms with Crippen molar-refractivity contribution in [1.82, 2.24) is 4.90 Å². The zero-order chi connectivity index (χ0) is 10.6. The normalized spacial score (nSPS) is 23.2. The van der Waals surface area contributed by atoms with Crippen LogP contribution in [-0.2, 0) is 4.79 Å². The Kier molecular flexibility index (Phi) is 4.39. The third-order valence-electron chi connectivity index (χ3n) is 3.12. The highest BCUT2D eigenvalue weighted by atomic mass is 16.4. The van der Waals surface area contributed by atoms with E-state index in [4.69, 9.17) is 5.11 Å². The van der Waals surface area contributed by atoms with Gasteiger partial charge >= 0.3 is 5.97 Å². The Morgan fingerprint density at radius 1 is 1.57 bits per heavy atom. The first-order valence-corrected chi connectivity index (χ1v) is 5.53. The summed E-state index contributed by atoms with van der Waals surface area (Å²) >= 11 is 0. The molecule has 0 amide bonds. The van der Waals surface area contributed by atoms with Crippen LogP contribution in [0.25, 0.3) is 0 Å². The van der Waals surface area contributed by atoms with Crippen molar-refractivity contribution in [2.75, 3.05) is 19.6 Å². The fourth-order valence-corrected chi connectivity index (χ4v) is 2.06. The summed E-state index contributed by atoms with van der Waals surface area (Å²) < 4.78 is 0. The number of likely N-dealkylation sites (tertiary alicyclic amines) is 1. The van der Waals surface area contributed by atoms with Gasteiger partial charge in [0.05, 0.1) is 0 Å². The maximum atomic E-state index is 10.3. The molecule has 0 spiro atoms. The van der Waals surface area contributed by atoms with Gasteiger partial charge in [-0.05, 0) is 37.8 Å². The van der Waals surface area contributed by atoms with Crippen molar-refractivity contribution in [2.24, 2.45) is 11.8 Å². The summed E-state index contributed by atoms with van der Waals surface area (Å²) in [7, 11) is 0. The second-order valence-electron chi connectivity index (χ2n) is 4.59. The molecule has 0 aromatic carbocycles. The van der Waals surface area contributed by atoms with Crippen molar-refractivity contribution in [3.8, 4) is 0 Å². The fourth-order valence-electron chi connectivity index (χ4n) is 2.06. The maximum Gasteiger partial charge on any atom is 0.303 e. The highest BCUT2D eigenvalue weighted by Crippen LogP contribution is 2.23. The van der Waals surface area contributed by atoms with E-state index >= 15 is 0 Å². The lowest BCUT2D eigenvalue weighted by atomic mass is 9.95. The number of rotatable bonds is 5. The van der Waals surface area contributed by atoms with Gasteiger partial charge in [0.2, 0.25) is 0 Å². The lowest BCUT2D eigenvalue weighted by molar-refractivity contribution is -0.137. The third kappa shape index (κ3) is 3.66. The van der Waals surface area contributed by atoms with E-state index in [2.05, 4.69) is 18.7 Å². The van der Waals surface area contributed by atoms with Crippen molar-refractivity contribution in [2.45, 2.75) is 33.1 Å². The summed E-state index contributed by atoms with van der Waals surface area (Å²) in [6.45, 7) is 7.81. The predicted octanol–water partition coefficient (Wildman–Crippen LogP) is 1.83. The first-order valence-electron chi connectivity index (χ1n) is 5.53. The molecule has 3 heteroatoms. The zero-order valence-corrected chi connectivity index (χ0v) is 9.20. The van der Waals surface area contributed by atoms with Crippen molar-refractivity contribution in [3.05, 3.63) is 0 Å². The number of aliphatic carboxylic acids is 1. The molecular formula is C11H21NO2. The smallest absolute Gasteiger partial charge is 0.303 e. The summed E-state index contributed by atoms with van der Waals surface area (Å²) in [5.41, 5.74) is 0. The molecule has 0 aliphatic carbocycles. The van der Waals surface area contributed by atoms with Gasteiger partial charge in [-0.3, -0.25) is 4.79 Å². The lowest BCUT2D eigenvalue weighted by Gasteiger charge is -2.17. The van der Waals surface area contributed by atoms with E-state index in [0.29, 0.717) is 6.42 Å². The van der Waals surface area contributed by atoms with Crippen LogP contribution in [0.2, 0.25) is 0 Å². The van der Waals surface area contributed by atoms with Crippen LogP contribution in [0.3, 0.4) is 0 Å². The second kappa shape index (κ2) is 5.35.